The molecule has 1 atom stereocenters. The second-order valence-corrected chi connectivity index (χ2v) is 3.93. The van der Waals surface area contributed by atoms with Gasteiger partial charge in [-0.05, 0) is 33.3 Å². The Kier molecular flexibility index (Phi) is 2.92. The minimum Gasteiger partial charge on any atom is -0.314 e. The molecule has 0 aromatic carbocycles. The van der Waals surface area contributed by atoms with Gasteiger partial charge in [0.05, 0.1) is 11.8 Å². The fourth-order valence-electron chi connectivity index (χ4n) is 1.30. The molecule has 76 valence electrons. The highest BCUT2D eigenvalue weighted by Crippen LogP contribution is 2.08. The van der Waals surface area contributed by atoms with Crippen molar-refractivity contribution in [3.8, 4) is 6.07 Å². The molecule has 0 aliphatic carbocycles. The van der Waals surface area contributed by atoms with Crippen LogP contribution in [0.3, 0.4) is 0 Å². The number of rotatable bonds is 3. The van der Waals surface area contributed by atoms with E-state index in [4.69, 9.17) is 11.0 Å². The molecule has 0 spiro atoms. The normalized spacial score (nSPS) is 14.8. The van der Waals surface area contributed by atoms with Crippen molar-refractivity contribution in [3.05, 3.63) is 17.5 Å². The standard InChI is InChI=1S/C10H16N4/c1-8-6-9(2)14(13-8)5-4-10(3,12)7-11/h6H,4-5,12H2,1-3H3. The molecule has 1 unspecified atom stereocenters. The molecule has 14 heavy (non-hydrogen) atoms. The number of hydrogen-bond donors (Lipinski definition) is 1. The van der Waals surface area contributed by atoms with Gasteiger partial charge < -0.3 is 5.73 Å². The van der Waals surface area contributed by atoms with Crippen LogP contribution in [0.2, 0.25) is 0 Å². The average molecular weight is 192 g/mol. The van der Waals surface area contributed by atoms with Gasteiger partial charge in [-0.1, -0.05) is 0 Å². The molecule has 0 aliphatic rings. The molecular weight excluding hydrogens is 176 g/mol. The van der Waals surface area contributed by atoms with Gasteiger partial charge in [0, 0.05) is 12.2 Å². The van der Waals surface area contributed by atoms with Crippen LogP contribution in [0.4, 0.5) is 0 Å². The maximum Gasteiger partial charge on any atom is 0.103 e. The van der Waals surface area contributed by atoms with E-state index in [0.717, 1.165) is 11.4 Å². The molecule has 0 bridgehead atoms. The highest BCUT2D eigenvalue weighted by Gasteiger charge is 2.17. The summed E-state index contributed by atoms with van der Waals surface area (Å²) < 4.78 is 1.89. The van der Waals surface area contributed by atoms with Crippen LogP contribution in [-0.4, -0.2) is 15.3 Å². The third kappa shape index (κ3) is 2.57. The van der Waals surface area contributed by atoms with Gasteiger partial charge in [0.1, 0.15) is 5.54 Å². The Morgan fingerprint density at radius 3 is 2.71 bits per heavy atom. The van der Waals surface area contributed by atoms with Crippen LogP contribution < -0.4 is 5.73 Å². The third-order valence-corrected chi connectivity index (χ3v) is 2.20. The number of hydrogen-bond acceptors (Lipinski definition) is 3. The summed E-state index contributed by atoms with van der Waals surface area (Å²) in [6, 6.07) is 4.09. The molecule has 0 fully saturated rings. The van der Waals surface area contributed by atoms with Crippen molar-refractivity contribution in [1.29, 1.82) is 5.26 Å². The molecule has 0 radical (unpaired) electrons. The largest absolute Gasteiger partial charge is 0.314 e. The first-order valence-electron chi connectivity index (χ1n) is 4.66. The highest BCUT2D eigenvalue weighted by molar-refractivity contribution is 5.07. The van der Waals surface area contributed by atoms with Crippen molar-refractivity contribution in [2.45, 2.75) is 39.3 Å². The maximum atomic E-state index is 8.74. The van der Waals surface area contributed by atoms with E-state index in [1.54, 1.807) is 6.92 Å². The van der Waals surface area contributed by atoms with Crippen LogP contribution in [0.15, 0.2) is 6.07 Å². The summed E-state index contributed by atoms with van der Waals surface area (Å²) in [5, 5.41) is 13.0. The summed E-state index contributed by atoms with van der Waals surface area (Å²) in [5.74, 6) is 0. The summed E-state index contributed by atoms with van der Waals surface area (Å²) in [6.07, 6.45) is 0.617. The molecule has 0 saturated carbocycles. The smallest absolute Gasteiger partial charge is 0.103 e. The SMILES string of the molecule is Cc1cc(C)n(CCC(C)(N)C#N)n1. The van der Waals surface area contributed by atoms with Gasteiger partial charge in [0.2, 0.25) is 0 Å². The van der Waals surface area contributed by atoms with E-state index < -0.39 is 5.54 Å². The quantitative estimate of drug-likeness (QED) is 0.780. The molecule has 0 amide bonds. The Bertz CT molecular complexity index is 357. The minimum absolute atomic E-state index is 0.617. The third-order valence-electron chi connectivity index (χ3n) is 2.20. The molecule has 0 saturated heterocycles. The number of nitriles is 1. The van der Waals surface area contributed by atoms with Crippen LogP contribution in [0.25, 0.3) is 0 Å². The van der Waals surface area contributed by atoms with Crippen LogP contribution in [0, 0.1) is 25.2 Å². The molecule has 1 aromatic rings. The van der Waals surface area contributed by atoms with Crippen LogP contribution in [0.5, 0.6) is 0 Å². The lowest BCUT2D eigenvalue weighted by Gasteiger charge is -2.15. The average Bonchev–Trinajstić information content (AvgIpc) is 2.42. The number of aromatic nitrogens is 2. The van der Waals surface area contributed by atoms with Gasteiger partial charge in [-0.25, -0.2) is 0 Å². The van der Waals surface area contributed by atoms with Gasteiger partial charge in [-0.15, -0.1) is 0 Å². The van der Waals surface area contributed by atoms with Gasteiger partial charge in [-0.3, -0.25) is 4.68 Å². The summed E-state index contributed by atoms with van der Waals surface area (Å²) in [7, 11) is 0. The zero-order valence-corrected chi connectivity index (χ0v) is 8.91. The Morgan fingerprint density at radius 2 is 2.29 bits per heavy atom. The second-order valence-electron chi connectivity index (χ2n) is 3.93. The first kappa shape index (κ1) is 10.7. The van der Waals surface area contributed by atoms with Gasteiger partial charge in [0.15, 0.2) is 0 Å². The maximum absolute atomic E-state index is 8.74. The molecule has 4 nitrogen and oxygen atoms in total. The van der Waals surface area contributed by atoms with Gasteiger partial charge in [0.25, 0.3) is 0 Å². The fraction of sp³-hybridized carbons (Fsp3) is 0.600. The highest BCUT2D eigenvalue weighted by atomic mass is 15.3. The van der Waals surface area contributed by atoms with Gasteiger partial charge in [-0.2, -0.15) is 10.4 Å². The molecular formula is C10H16N4. The predicted molar refractivity (Wildman–Crippen MR) is 54.5 cm³/mol. The van der Waals surface area contributed by atoms with E-state index in [-0.39, 0.29) is 0 Å². The first-order valence-corrected chi connectivity index (χ1v) is 4.66. The second kappa shape index (κ2) is 3.81. The molecule has 0 aliphatic heterocycles. The van der Waals surface area contributed by atoms with Crippen LogP contribution >= 0.6 is 0 Å². The number of aryl methyl sites for hydroxylation is 3. The van der Waals surface area contributed by atoms with Crippen molar-refractivity contribution in [2.24, 2.45) is 5.73 Å². The molecule has 1 heterocycles. The van der Waals surface area contributed by atoms with Crippen molar-refractivity contribution in [1.82, 2.24) is 9.78 Å². The summed E-state index contributed by atoms with van der Waals surface area (Å²) in [5.41, 5.74) is 7.07. The topological polar surface area (TPSA) is 67.6 Å². The van der Waals surface area contributed by atoms with E-state index in [0.29, 0.717) is 13.0 Å². The Balaban J connectivity index is 2.63. The lowest BCUT2D eigenvalue weighted by atomic mass is 10.0. The lowest BCUT2D eigenvalue weighted by Crippen LogP contribution is -2.35. The van der Waals surface area contributed by atoms with Crippen molar-refractivity contribution in [2.75, 3.05) is 0 Å². The van der Waals surface area contributed by atoms with E-state index in [2.05, 4.69) is 11.2 Å². The van der Waals surface area contributed by atoms with Crippen LogP contribution in [-0.2, 0) is 6.54 Å². The van der Waals surface area contributed by atoms with E-state index in [1.165, 1.54) is 0 Å². The van der Waals surface area contributed by atoms with Crippen molar-refractivity contribution in [3.63, 3.8) is 0 Å². The molecule has 2 N–H and O–H groups in total. The fourth-order valence-corrected chi connectivity index (χ4v) is 1.30. The van der Waals surface area contributed by atoms with Crippen molar-refractivity contribution >= 4 is 0 Å². The van der Waals surface area contributed by atoms with E-state index in [1.807, 2.05) is 24.6 Å². The van der Waals surface area contributed by atoms with Crippen molar-refractivity contribution < 1.29 is 0 Å². The molecule has 1 rings (SSSR count). The summed E-state index contributed by atoms with van der Waals surface area (Å²) in [6.45, 7) is 6.38. The van der Waals surface area contributed by atoms with Gasteiger partial charge >= 0.3 is 0 Å². The minimum atomic E-state index is -0.758. The number of nitrogens with two attached hydrogens (primary N) is 1. The molecule has 1 aromatic heterocycles. The Labute approximate surface area is 84.3 Å². The van der Waals surface area contributed by atoms with E-state index in [9.17, 15) is 0 Å². The zero-order chi connectivity index (χ0) is 10.8. The number of nitrogens with zero attached hydrogens (tertiary/aromatic N) is 3. The summed E-state index contributed by atoms with van der Waals surface area (Å²) >= 11 is 0. The predicted octanol–water partition coefficient (Wildman–Crippen LogP) is 1.13. The Morgan fingerprint density at radius 1 is 1.64 bits per heavy atom. The molecule has 4 heteroatoms. The lowest BCUT2D eigenvalue weighted by molar-refractivity contribution is 0.460. The van der Waals surface area contributed by atoms with E-state index >= 15 is 0 Å². The zero-order valence-electron chi connectivity index (χ0n) is 8.91. The van der Waals surface area contributed by atoms with Crippen LogP contribution in [0.1, 0.15) is 24.7 Å². The summed E-state index contributed by atoms with van der Waals surface area (Å²) in [4.78, 5) is 0. The monoisotopic (exact) mass is 192 g/mol. The first-order chi connectivity index (χ1) is 6.44. The Hall–Kier alpha value is -1.34.